The van der Waals surface area contributed by atoms with Gasteiger partial charge in [0.05, 0.1) is 0 Å². The van der Waals surface area contributed by atoms with Gasteiger partial charge >= 0.3 is 0 Å². The summed E-state index contributed by atoms with van der Waals surface area (Å²) < 4.78 is 0. The number of nitrogens with one attached hydrogen (secondary N) is 1. The first-order valence-electron chi connectivity index (χ1n) is 10.7. The molecule has 2 saturated heterocycles. The highest BCUT2D eigenvalue weighted by Gasteiger charge is 2.41. The first-order chi connectivity index (χ1) is 14.0. The molecular weight excluding hydrogens is 368 g/mol. The van der Waals surface area contributed by atoms with Crippen molar-refractivity contribution in [1.82, 2.24) is 15.1 Å². The Labute approximate surface area is 170 Å². The van der Waals surface area contributed by atoms with Crippen molar-refractivity contribution in [3.8, 4) is 0 Å². The van der Waals surface area contributed by atoms with Crippen molar-refractivity contribution in [2.24, 2.45) is 17.6 Å². The molecule has 1 saturated carbocycles. The molecule has 7 heteroatoms. The van der Waals surface area contributed by atoms with Crippen LogP contribution in [-0.2, 0) is 22.7 Å². The number of piperidine rings is 2. The summed E-state index contributed by atoms with van der Waals surface area (Å²) in [5.74, 6) is 0.623. The van der Waals surface area contributed by atoms with E-state index in [4.69, 9.17) is 5.73 Å². The highest BCUT2D eigenvalue weighted by molar-refractivity contribution is 6.05. The molecule has 4 aliphatic rings. The van der Waals surface area contributed by atoms with Crippen LogP contribution in [0.5, 0.6) is 0 Å². The molecule has 3 N–H and O–H groups in total. The number of benzene rings is 1. The fraction of sp³-hybridized carbons (Fsp3) is 0.591. The molecular formula is C22H28N4O3. The Kier molecular flexibility index (Phi) is 4.67. The van der Waals surface area contributed by atoms with E-state index in [-0.39, 0.29) is 30.2 Å². The standard InChI is InChI=1S/C22H28N4O3/c23-18-12-25(9-13-3-1-5-15(13)18)10-14-4-2-6-16-17(14)11-26(22(16)29)19-7-8-20(27)24-21(19)28/h2,4,6,13,15,18-19H,1,3,5,7-12,23H2,(H,24,27,28)/t13-,15-,18-,19?/m1/s1. The van der Waals surface area contributed by atoms with E-state index in [1.54, 1.807) is 4.90 Å². The molecule has 0 aromatic heterocycles. The highest BCUT2D eigenvalue weighted by atomic mass is 16.2. The quantitative estimate of drug-likeness (QED) is 0.744. The first-order valence-corrected chi connectivity index (χ1v) is 10.7. The van der Waals surface area contributed by atoms with E-state index in [0.717, 1.165) is 30.8 Å². The highest BCUT2D eigenvalue weighted by Crippen LogP contribution is 2.38. The molecule has 4 atom stereocenters. The van der Waals surface area contributed by atoms with E-state index in [1.165, 1.54) is 19.3 Å². The zero-order valence-corrected chi connectivity index (χ0v) is 16.6. The second-order valence-electron chi connectivity index (χ2n) is 9.06. The van der Waals surface area contributed by atoms with Gasteiger partial charge in [0.1, 0.15) is 6.04 Å². The third kappa shape index (κ3) is 3.26. The third-order valence-electron chi connectivity index (χ3n) is 7.30. The zero-order valence-electron chi connectivity index (χ0n) is 16.6. The van der Waals surface area contributed by atoms with Crippen LogP contribution in [-0.4, -0.2) is 52.7 Å². The van der Waals surface area contributed by atoms with Gasteiger partial charge in [0.15, 0.2) is 0 Å². The topological polar surface area (TPSA) is 95.7 Å². The molecule has 3 amide bonds. The molecule has 1 aliphatic carbocycles. The van der Waals surface area contributed by atoms with Crippen LogP contribution in [0, 0.1) is 11.8 Å². The van der Waals surface area contributed by atoms with E-state index < -0.39 is 6.04 Å². The van der Waals surface area contributed by atoms with Crippen molar-refractivity contribution < 1.29 is 14.4 Å². The normalized spacial score (nSPS) is 32.3. The molecule has 7 nitrogen and oxygen atoms in total. The first kappa shape index (κ1) is 18.8. The summed E-state index contributed by atoms with van der Waals surface area (Å²) in [6.45, 7) is 3.20. The number of rotatable bonds is 3. The summed E-state index contributed by atoms with van der Waals surface area (Å²) in [6, 6.07) is 5.54. The van der Waals surface area contributed by atoms with Crippen molar-refractivity contribution in [1.29, 1.82) is 0 Å². The average molecular weight is 396 g/mol. The molecule has 0 bridgehead atoms. The summed E-state index contributed by atoms with van der Waals surface area (Å²) in [6.07, 6.45) is 4.48. The number of amides is 3. The number of carbonyl (C=O) groups excluding carboxylic acids is 3. The Morgan fingerprint density at radius 1 is 1.10 bits per heavy atom. The minimum Gasteiger partial charge on any atom is -0.326 e. The zero-order chi connectivity index (χ0) is 20.1. The molecule has 3 aliphatic heterocycles. The number of imide groups is 1. The van der Waals surface area contributed by atoms with Gasteiger partial charge in [-0.15, -0.1) is 0 Å². The molecule has 1 unspecified atom stereocenters. The van der Waals surface area contributed by atoms with Crippen LogP contribution in [0.2, 0.25) is 0 Å². The summed E-state index contributed by atoms with van der Waals surface area (Å²) in [5.41, 5.74) is 9.32. The van der Waals surface area contributed by atoms with Crippen molar-refractivity contribution in [3.63, 3.8) is 0 Å². The largest absolute Gasteiger partial charge is 0.326 e. The summed E-state index contributed by atoms with van der Waals surface area (Å²) in [4.78, 5) is 40.8. The summed E-state index contributed by atoms with van der Waals surface area (Å²) in [5, 5.41) is 2.37. The lowest BCUT2D eigenvalue weighted by Crippen LogP contribution is -2.52. The van der Waals surface area contributed by atoms with Gasteiger partial charge in [0, 0.05) is 44.2 Å². The van der Waals surface area contributed by atoms with Crippen LogP contribution in [0.4, 0.5) is 0 Å². The molecule has 1 aromatic carbocycles. The van der Waals surface area contributed by atoms with Crippen molar-refractivity contribution in [2.75, 3.05) is 13.1 Å². The van der Waals surface area contributed by atoms with Gasteiger partial charge < -0.3 is 10.6 Å². The second-order valence-corrected chi connectivity index (χ2v) is 9.06. The van der Waals surface area contributed by atoms with Crippen LogP contribution < -0.4 is 11.1 Å². The van der Waals surface area contributed by atoms with Gasteiger partial charge in [0.25, 0.3) is 5.91 Å². The van der Waals surface area contributed by atoms with E-state index in [1.807, 2.05) is 12.1 Å². The van der Waals surface area contributed by atoms with Gasteiger partial charge in [-0.05, 0) is 48.3 Å². The maximum absolute atomic E-state index is 13.0. The number of hydrogen-bond acceptors (Lipinski definition) is 5. The van der Waals surface area contributed by atoms with E-state index in [9.17, 15) is 14.4 Å². The Morgan fingerprint density at radius 3 is 2.79 bits per heavy atom. The van der Waals surface area contributed by atoms with Crippen LogP contribution in [0.3, 0.4) is 0 Å². The van der Waals surface area contributed by atoms with Crippen LogP contribution in [0.25, 0.3) is 0 Å². The van der Waals surface area contributed by atoms with Crippen LogP contribution in [0.1, 0.15) is 53.6 Å². The molecule has 3 fully saturated rings. The number of likely N-dealkylation sites (tertiary alicyclic amines) is 1. The maximum atomic E-state index is 13.0. The Morgan fingerprint density at radius 2 is 1.97 bits per heavy atom. The molecule has 154 valence electrons. The average Bonchev–Trinajstić information content (AvgIpc) is 3.28. The molecule has 5 rings (SSSR count). The molecule has 1 aromatic rings. The van der Waals surface area contributed by atoms with Gasteiger partial charge in [-0.25, -0.2) is 0 Å². The lowest BCUT2D eigenvalue weighted by molar-refractivity contribution is -0.136. The Balaban J connectivity index is 1.34. The van der Waals surface area contributed by atoms with E-state index in [0.29, 0.717) is 30.4 Å². The molecule has 3 heterocycles. The minimum absolute atomic E-state index is 0.109. The maximum Gasteiger partial charge on any atom is 0.255 e. The van der Waals surface area contributed by atoms with Crippen molar-refractivity contribution >= 4 is 17.7 Å². The monoisotopic (exact) mass is 396 g/mol. The van der Waals surface area contributed by atoms with Crippen LogP contribution in [0.15, 0.2) is 18.2 Å². The number of hydrogen-bond donors (Lipinski definition) is 2. The number of fused-ring (bicyclic) bond motifs is 2. The lowest BCUT2D eigenvalue weighted by atomic mass is 9.85. The number of carbonyl (C=O) groups is 3. The molecule has 0 radical (unpaired) electrons. The van der Waals surface area contributed by atoms with Crippen LogP contribution >= 0.6 is 0 Å². The van der Waals surface area contributed by atoms with E-state index in [2.05, 4.69) is 16.3 Å². The second kappa shape index (κ2) is 7.22. The number of nitrogens with zero attached hydrogens (tertiary/aromatic N) is 2. The SMILES string of the molecule is N[C@@H]1CN(Cc2cccc3c2CN(C2CCC(=O)NC2=O)C3=O)C[C@H]2CCC[C@H]21. The molecule has 0 spiro atoms. The Bertz CT molecular complexity index is 870. The Hall–Kier alpha value is -2.25. The molecule has 29 heavy (non-hydrogen) atoms. The minimum atomic E-state index is -0.567. The van der Waals surface area contributed by atoms with Gasteiger partial charge in [-0.2, -0.15) is 0 Å². The van der Waals surface area contributed by atoms with Gasteiger partial charge in [-0.3, -0.25) is 24.6 Å². The smallest absolute Gasteiger partial charge is 0.255 e. The summed E-state index contributed by atoms with van der Waals surface area (Å²) >= 11 is 0. The van der Waals surface area contributed by atoms with Gasteiger partial charge in [-0.1, -0.05) is 18.6 Å². The van der Waals surface area contributed by atoms with Gasteiger partial charge in [0.2, 0.25) is 11.8 Å². The summed E-state index contributed by atoms with van der Waals surface area (Å²) in [7, 11) is 0. The number of nitrogens with two attached hydrogens (primary N) is 1. The predicted molar refractivity (Wildman–Crippen MR) is 107 cm³/mol. The van der Waals surface area contributed by atoms with E-state index >= 15 is 0 Å². The van der Waals surface area contributed by atoms with Crippen molar-refractivity contribution in [3.05, 3.63) is 34.9 Å². The van der Waals surface area contributed by atoms with Crippen molar-refractivity contribution in [2.45, 2.75) is 57.3 Å². The predicted octanol–water partition coefficient (Wildman–Crippen LogP) is 1.01. The fourth-order valence-corrected chi connectivity index (χ4v) is 5.86. The lowest BCUT2D eigenvalue weighted by Gasteiger charge is -2.39. The third-order valence-corrected chi connectivity index (χ3v) is 7.30. The fourth-order valence-electron chi connectivity index (χ4n) is 5.86.